The van der Waals surface area contributed by atoms with Gasteiger partial charge in [-0.15, -0.1) is 0 Å². The lowest BCUT2D eigenvalue weighted by atomic mass is 10.0. The number of rotatable bonds is 7. The highest BCUT2D eigenvalue weighted by atomic mass is 19.1. The maximum atomic E-state index is 14.2. The Bertz CT molecular complexity index is 1580. The van der Waals surface area contributed by atoms with Gasteiger partial charge < -0.3 is 15.7 Å². The molecule has 1 amide bonds. The van der Waals surface area contributed by atoms with Crippen molar-refractivity contribution in [1.82, 2.24) is 5.32 Å². The zero-order valence-electron chi connectivity index (χ0n) is 22.1. The van der Waals surface area contributed by atoms with Crippen molar-refractivity contribution in [2.75, 3.05) is 11.9 Å². The van der Waals surface area contributed by atoms with Crippen LogP contribution in [0, 0.1) is 23.3 Å². The second-order valence-electron chi connectivity index (χ2n) is 9.93. The SMILES string of the molecule is CC(=NCCc1ccc(F)cc1)Nc1ccc2c(c1)[C@@H](NC(=O)c1ccc(-c3c(F)cc(F)cc3F)cc1)[C@H](O)C2. The lowest BCUT2D eigenvalue weighted by molar-refractivity contribution is 0.0858. The van der Waals surface area contributed by atoms with Crippen LogP contribution in [0.1, 0.15) is 40.0 Å². The van der Waals surface area contributed by atoms with Crippen LogP contribution in [0.2, 0.25) is 0 Å². The summed E-state index contributed by atoms with van der Waals surface area (Å²) in [6, 6.07) is 18.1. The third-order valence-electron chi connectivity index (χ3n) is 7.01. The fourth-order valence-corrected chi connectivity index (χ4v) is 4.96. The van der Waals surface area contributed by atoms with Gasteiger partial charge >= 0.3 is 0 Å². The first-order valence-electron chi connectivity index (χ1n) is 13.1. The number of carbonyl (C=O) groups is 1. The summed E-state index contributed by atoms with van der Waals surface area (Å²) in [5.74, 6) is -3.16. The molecule has 5 nitrogen and oxygen atoms in total. The Kier molecular flexibility index (Phi) is 8.16. The second kappa shape index (κ2) is 11.9. The third-order valence-corrected chi connectivity index (χ3v) is 7.01. The van der Waals surface area contributed by atoms with Crippen LogP contribution >= 0.6 is 0 Å². The molecular weight excluding hydrogens is 534 g/mol. The lowest BCUT2D eigenvalue weighted by Gasteiger charge is -2.19. The minimum Gasteiger partial charge on any atom is -0.390 e. The normalized spacial score (nSPS) is 16.4. The molecule has 0 spiro atoms. The molecule has 4 aromatic carbocycles. The van der Waals surface area contributed by atoms with E-state index in [4.69, 9.17) is 0 Å². The summed E-state index contributed by atoms with van der Waals surface area (Å²) in [6.07, 6.45) is 0.197. The van der Waals surface area contributed by atoms with E-state index >= 15 is 0 Å². The van der Waals surface area contributed by atoms with Crippen LogP contribution in [0.3, 0.4) is 0 Å². The first-order valence-corrected chi connectivity index (χ1v) is 13.1. The quantitative estimate of drug-likeness (QED) is 0.140. The molecule has 0 saturated carbocycles. The number of carbonyl (C=O) groups excluding carboxylic acids is 1. The van der Waals surface area contributed by atoms with E-state index in [1.54, 1.807) is 12.1 Å². The Morgan fingerprint density at radius 1 is 0.902 bits per heavy atom. The van der Waals surface area contributed by atoms with Gasteiger partial charge in [0.1, 0.15) is 23.3 Å². The highest BCUT2D eigenvalue weighted by molar-refractivity contribution is 5.95. The van der Waals surface area contributed by atoms with Gasteiger partial charge in [0.05, 0.1) is 23.5 Å². The number of hydrogen-bond acceptors (Lipinski definition) is 3. The van der Waals surface area contributed by atoms with Crippen molar-refractivity contribution in [1.29, 1.82) is 0 Å². The molecule has 0 unspecified atom stereocenters. The predicted octanol–water partition coefficient (Wildman–Crippen LogP) is 6.37. The van der Waals surface area contributed by atoms with E-state index in [0.717, 1.165) is 22.4 Å². The van der Waals surface area contributed by atoms with Crippen LogP contribution in [-0.4, -0.2) is 29.5 Å². The first kappa shape index (κ1) is 28.0. The number of amides is 1. The zero-order chi connectivity index (χ0) is 29.1. The standard InChI is InChI=1S/C32H27F4N3O2/c1-18(37-13-12-19-2-9-23(33)10-3-19)38-25-11-8-22-14-29(40)31(26(22)17-25)39-32(41)21-6-4-20(5-7-21)30-27(35)15-24(34)16-28(30)36/h2-11,15-17,29,31,40H,12-14H2,1H3,(H,37,38)(H,39,41)/t29-,31-/m1/s1. The topological polar surface area (TPSA) is 73.7 Å². The van der Waals surface area contributed by atoms with Crippen LogP contribution in [0.15, 0.2) is 83.9 Å². The Morgan fingerprint density at radius 3 is 2.27 bits per heavy atom. The fraction of sp³-hybridized carbons (Fsp3) is 0.188. The molecule has 2 atom stereocenters. The van der Waals surface area contributed by atoms with Crippen molar-refractivity contribution in [2.45, 2.75) is 31.9 Å². The average Bonchev–Trinajstić information content (AvgIpc) is 3.23. The number of amidine groups is 1. The molecule has 3 N–H and O–H groups in total. The summed E-state index contributed by atoms with van der Waals surface area (Å²) in [7, 11) is 0. The second-order valence-corrected chi connectivity index (χ2v) is 9.93. The lowest BCUT2D eigenvalue weighted by Crippen LogP contribution is -2.33. The van der Waals surface area contributed by atoms with E-state index in [0.29, 0.717) is 37.4 Å². The van der Waals surface area contributed by atoms with Gasteiger partial charge in [0, 0.05) is 36.3 Å². The number of halogens is 4. The average molecular weight is 562 g/mol. The van der Waals surface area contributed by atoms with E-state index < -0.39 is 35.5 Å². The van der Waals surface area contributed by atoms with Crippen molar-refractivity contribution >= 4 is 17.4 Å². The van der Waals surface area contributed by atoms with Gasteiger partial charge in [-0.1, -0.05) is 30.3 Å². The van der Waals surface area contributed by atoms with Crippen LogP contribution in [0.25, 0.3) is 11.1 Å². The van der Waals surface area contributed by atoms with Gasteiger partial charge in [0.15, 0.2) is 0 Å². The smallest absolute Gasteiger partial charge is 0.251 e. The molecule has 0 fully saturated rings. The van der Waals surface area contributed by atoms with Crippen molar-refractivity contribution in [3.63, 3.8) is 0 Å². The van der Waals surface area contributed by atoms with Gasteiger partial charge in [-0.05, 0) is 72.0 Å². The van der Waals surface area contributed by atoms with Gasteiger partial charge in [-0.25, -0.2) is 17.6 Å². The Labute approximate surface area is 234 Å². The van der Waals surface area contributed by atoms with Crippen molar-refractivity contribution < 1.29 is 27.5 Å². The van der Waals surface area contributed by atoms with Crippen molar-refractivity contribution in [2.24, 2.45) is 4.99 Å². The van der Waals surface area contributed by atoms with Gasteiger partial charge in [-0.3, -0.25) is 9.79 Å². The van der Waals surface area contributed by atoms with E-state index in [-0.39, 0.29) is 22.5 Å². The van der Waals surface area contributed by atoms with Crippen molar-refractivity contribution in [3.05, 3.63) is 124 Å². The minimum absolute atomic E-state index is 0.160. The molecule has 210 valence electrons. The number of nitrogens with one attached hydrogen (secondary N) is 2. The molecule has 0 aromatic heterocycles. The number of fused-ring (bicyclic) bond motifs is 1. The monoisotopic (exact) mass is 561 g/mol. The molecule has 41 heavy (non-hydrogen) atoms. The molecule has 0 saturated heterocycles. The fourth-order valence-electron chi connectivity index (χ4n) is 4.96. The molecule has 0 radical (unpaired) electrons. The van der Waals surface area contributed by atoms with E-state index in [1.807, 2.05) is 25.1 Å². The van der Waals surface area contributed by atoms with E-state index in [1.165, 1.54) is 36.4 Å². The number of aliphatic hydroxyl groups excluding tert-OH is 1. The number of aliphatic imine (C=N–C) groups is 1. The summed E-state index contributed by atoms with van der Waals surface area (Å²) >= 11 is 0. The molecule has 1 aliphatic carbocycles. The van der Waals surface area contributed by atoms with Crippen LogP contribution in [0.5, 0.6) is 0 Å². The highest BCUT2D eigenvalue weighted by Gasteiger charge is 2.32. The van der Waals surface area contributed by atoms with Gasteiger partial charge in [0.2, 0.25) is 0 Å². The molecule has 0 bridgehead atoms. The summed E-state index contributed by atoms with van der Waals surface area (Å²) in [6.45, 7) is 2.35. The van der Waals surface area contributed by atoms with Gasteiger partial charge in [-0.2, -0.15) is 0 Å². The van der Waals surface area contributed by atoms with Crippen molar-refractivity contribution in [3.8, 4) is 11.1 Å². The highest BCUT2D eigenvalue weighted by Crippen LogP contribution is 2.34. The van der Waals surface area contributed by atoms with Crippen LogP contribution in [-0.2, 0) is 12.8 Å². The number of benzene rings is 4. The summed E-state index contributed by atoms with van der Waals surface area (Å²) in [5, 5.41) is 16.8. The zero-order valence-corrected chi connectivity index (χ0v) is 22.1. The Morgan fingerprint density at radius 2 is 1.59 bits per heavy atom. The maximum Gasteiger partial charge on any atom is 0.251 e. The molecule has 1 aliphatic rings. The number of hydrogen-bond donors (Lipinski definition) is 3. The summed E-state index contributed by atoms with van der Waals surface area (Å²) in [5.41, 5.74) is 3.40. The molecular formula is C32H27F4N3O2. The largest absolute Gasteiger partial charge is 0.390 e. The molecule has 5 rings (SSSR count). The first-order chi connectivity index (χ1) is 19.7. The maximum absolute atomic E-state index is 14.2. The van der Waals surface area contributed by atoms with Gasteiger partial charge in [0.25, 0.3) is 5.91 Å². The summed E-state index contributed by atoms with van der Waals surface area (Å²) in [4.78, 5) is 17.5. The molecule has 0 heterocycles. The molecule has 0 aliphatic heterocycles. The third kappa shape index (κ3) is 6.47. The molecule has 4 aromatic rings. The van der Waals surface area contributed by atoms with Crippen LogP contribution in [0.4, 0.5) is 23.2 Å². The Balaban J connectivity index is 1.25. The van der Waals surface area contributed by atoms with E-state index in [9.17, 15) is 27.5 Å². The van der Waals surface area contributed by atoms with E-state index in [2.05, 4.69) is 15.6 Å². The molecule has 9 heteroatoms. The van der Waals surface area contributed by atoms with Crippen LogP contribution < -0.4 is 10.6 Å². The summed E-state index contributed by atoms with van der Waals surface area (Å²) < 4.78 is 54.6. The Hall–Kier alpha value is -4.50. The number of nitrogens with zero attached hydrogens (tertiary/aromatic N) is 1. The number of anilines is 1. The minimum atomic E-state index is -1.04. The number of aliphatic hydroxyl groups is 1. The predicted molar refractivity (Wildman–Crippen MR) is 150 cm³/mol.